The van der Waals surface area contributed by atoms with Crippen molar-refractivity contribution in [1.82, 2.24) is 24.7 Å². The molecule has 2 aliphatic rings. The zero-order valence-corrected chi connectivity index (χ0v) is 18.7. The summed E-state index contributed by atoms with van der Waals surface area (Å²) in [4.78, 5) is 33.0. The molecule has 0 bridgehead atoms. The van der Waals surface area contributed by atoms with Crippen molar-refractivity contribution in [2.45, 2.75) is 44.3 Å². The van der Waals surface area contributed by atoms with Crippen molar-refractivity contribution in [2.75, 3.05) is 38.5 Å². The summed E-state index contributed by atoms with van der Waals surface area (Å²) in [5.41, 5.74) is 7.65. The summed E-state index contributed by atoms with van der Waals surface area (Å²) in [7, 11) is 2.15. The van der Waals surface area contributed by atoms with Gasteiger partial charge in [0.05, 0.1) is 5.69 Å². The van der Waals surface area contributed by atoms with E-state index in [9.17, 15) is 9.59 Å². The first-order chi connectivity index (χ1) is 15.5. The SMILES string of the molecule is CN(Cc1ccc(-n2ccc(NC(=O)N3CCNCC3)nc2=O)cc1)[C@H]1CCC[C@@H](N)C1. The van der Waals surface area contributed by atoms with Gasteiger partial charge in [-0.25, -0.2) is 9.59 Å². The van der Waals surface area contributed by atoms with Gasteiger partial charge in [-0.3, -0.25) is 14.8 Å². The Hall–Kier alpha value is -2.75. The smallest absolute Gasteiger partial charge is 0.328 e. The summed E-state index contributed by atoms with van der Waals surface area (Å²) in [6, 6.07) is 10.2. The van der Waals surface area contributed by atoms with Crippen LogP contribution in [0.4, 0.5) is 10.6 Å². The number of benzene rings is 1. The Morgan fingerprint density at radius 3 is 2.66 bits per heavy atom. The average molecular weight is 440 g/mol. The number of hydrogen-bond donors (Lipinski definition) is 3. The molecular weight excluding hydrogens is 406 g/mol. The van der Waals surface area contributed by atoms with E-state index >= 15 is 0 Å². The van der Waals surface area contributed by atoms with Gasteiger partial charge in [0.15, 0.2) is 0 Å². The minimum absolute atomic E-state index is 0.233. The Morgan fingerprint density at radius 2 is 1.97 bits per heavy atom. The van der Waals surface area contributed by atoms with Gasteiger partial charge < -0.3 is 16.0 Å². The van der Waals surface area contributed by atoms with Crippen LogP contribution in [0.1, 0.15) is 31.2 Å². The first kappa shape index (κ1) is 22.4. The zero-order valence-electron chi connectivity index (χ0n) is 18.7. The fourth-order valence-electron chi connectivity index (χ4n) is 4.51. The molecular formula is C23H33N7O2. The maximum atomic E-state index is 12.6. The van der Waals surface area contributed by atoms with Gasteiger partial charge in [-0.2, -0.15) is 4.98 Å². The molecule has 2 amide bonds. The number of rotatable bonds is 5. The molecule has 0 spiro atoms. The number of hydrogen-bond acceptors (Lipinski definition) is 6. The lowest BCUT2D eigenvalue weighted by Crippen LogP contribution is -2.48. The molecule has 1 aliphatic carbocycles. The van der Waals surface area contributed by atoms with Crippen molar-refractivity contribution in [1.29, 1.82) is 0 Å². The molecule has 2 aromatic rings. The van der Waals surface area contributed by atoms with E-state index < -0.39 is 5.69 Å². The molecule has 2 heterocycles. The van der Waals surface area contributed by atoms with E-state index in [-0.39, 0.29) is 11.8 Å². The molecule has 1 aliphatic heterocycles. The molecule has 9 heteroatoms. The highest BCUT2D eigenvalue weighted by atomic mass is 16.2. The minimum Gasteiger partial charge on any atom is -0.328 e. The molecule has 1 saturated heterocycles. The van der Waals surface area contributed by atoms with Crippen LogP contribution in [0.2, 0.25) is 0 Å². The molecule has 0 unspecified atom stereocenters. The lowest BCUT2D eigenvalue weighted by molar-refractivity contribution is 0.173. The van der Waals surface area contributed by atoms with Crippen molar-refractivity contribution in [3.8, 4) is 5.69 Å². The molecule has 4 rings (SSSR count). The fraction of sp³-hybridized carbons (Fsp3) is 0.522. The lowest BCUT2D eigenvalue weighted by Gasteiger charge is -2.34. The monoisotopic (exact) mass is 439 g/mol. The number of amides is 2. The highest BCUT2D eigenvalue weighted by molar-refractivity contribution is 5.88. The maximum absolute atomic E-state index is 12.6. The first-order valence-corrected chi connectivity index (χ1v) is 11.4. The predicted molar refractivity (Wildman–Crippen MR) is 125 cm³/mol. The van der Waals surface area contributed by atoms with Gasteiger partial charge in [0.2, 0.25) is 0 Å². The number of carbonyl (C=O) groups excluding carboxylic acids is 1. The van der Waals surface area contributed by atoms with Gasteiger partial charge in [-0.15, -0.1) is 0 Å². The average Bonchev–Trinajstić information content (AvgIpc) is 2.80. The van der Waals surface area contributed by atoms with Crippen LogP contribution in [0.15, 0.2) is 41.3 Å². The summed E-state index contributed by atoms with van der Waals surface area (Å²) >= 11 is 0. The summed E-state index contributed by atoms with van der Waals surface area (Å²) in [5, 5.41) is 5.92. The largest absolute Gasteiger partial charge is 0.354 e. The van der Waals surface area contributed by atoms with E-state index in [4.69, 9.17) is 5.73 Å². The molecule has 2 fully saturated rings. The summed E-state index contributed by atoms with van der Waals surface area (Å²) < 4.78 is 1.48. The number of anilines is 1. The molecule has 1 aromatic carbocycles. The molecule has 172 valence electrons. The highest BCUT2D eigenvalue weighted by Gasteiger charge is 2.22. The molecule has 0 radical (unpaired) electrons. The van der Waals surface area contributed by atoms with Crippen molar-refractivity contribution in [3.05, 3.63) is 52.6 Å². The Labute approximate surface area is 188 Å². The third kappa shape index (κ3) is 5.53. The summed E-state index contributed by atoms with van der Waals surface area (Å²) in [6.07, 6.45) is 6.21. The number of nitrogens with zero attached hydrogens (tertiary/aromatic N) is 4. The second-order valence-corrected chi connectivity index (χ2v) is 8.79. The molecule has 1 aromatic heterocycles. The van der Waals surface area contributed by atoms with E-state index in [1.54, 1.807) is 17.2 Å². The number of aromatic nitrogens is 2. The second-order valence-electron chi connectivity index (χ2n) is 8.79. The van der Waals surface area contributed by atoms with Gasteiger partial charge in [-0.1, -0.05) is 18.6 Å². The Kier molecular flexibility index (Phi) is 7.19. The van der Waals surface area contributed by atoms with Gasteiger partial charge in [0.25, 0.3) is 0 Å². The quantitative estimate of drug-likeness (QED) is 0.649. The van der Waals surface area contributed by atoms with Crippen LogP contribution in [0.3, 0.4) is 0 Å². The van der Waals surface area contributed by atoms with Crippen LogP contribution < -0.4 is 22.1 Å². The second kappa shape index (κ2) is 10.2. The van der Waals surface area contributed by atoms with E-state index in [1.165, 1.54) is 23.0 Å². The van der Waals surface area contributed by atoms with Crippen molar-refractivity contribution < 1.29 is 4.79 Å². The normalized spacial score (nSPS) is 21.5. The molecule has 1 saturated carbocycles. The number of carbonyl (C=O) groups is 1. The zero-order chi connectivity index (χ0) is 22.5. The number of piperazine rings is 1. The lowest BCUT2D eigenvalue weighted by atomic mass is 9.90. The minimum atomic E-state index is -0.427. The Bertz CT molecular complexity index is 969. The highest BCUT2D eigenvalue weighted by Crippen LogP contribution is 2.22. The van der Waals surface area contributed by atoms with E-state index in [0.717, 1.165) is 38.2 Å². The van der Waals surface area contributed by atoms with Gasteiger partial charge in [0.1, 0.15) is 5.82 Å². The van der Waals surface area contributed by atoms with E-state index in [2.05, 4.69) is 27.6 Å². The standard InChI is InChI=1S/C23H33N7O2/c1-28(20-4-2-3-18(24)15-20)16-17-5-7-19(8-6-17)30-12-9-21(27-23(30)32)26-22(31)29-13-10-25-11-14-29/h5-9,12,18,20,25H,2-4,10-11,13-16,24H2,1H3,(H,26,27,31,32)/t18-,20+/m1/s1. The van der Waals surface area contributed by atoms with Gasteiger partial charge >= 0.3 is 11.7 Å². The Morgan fingerprint density at radius 1 is 1.22 bits per heavy atom. The fourth-order valence-corrected chi connectivity index (χ4v) is 4.51. The van der Waals surface area contributed by atoms with Crippen LogP contribution in [0.5, 0.6) is 0 Å². The molecule has 32 heavy (non-hydrogen) atoms. The number of urea groups is 1. The van der Waals surface area contributed by atoms with Crippen LogP contribution in [0.25, 0.3) is 5.69 Å². The van der Waals surface area contributed by atoms with Crippen molar-refractivity contribution >= 4 is 11.8 Å². The van der Waals surface area contributed by atoms with E-state index in [0.29, 0.717) is 25.2 Å². The van der Waals surface area contributed by atoms with Crippen LogP contribution in [-0.2, 0) is 6.54 Å². The van der Waals surface area contributed by atoms with Crippen molar-refractivity contribution in [2.24, 2.45) is 5.73 Å². The van der Waals surface area contributed by atoms with Crippen LogP contribution in [0, 0.1) is 0 Å². The molecule has 2 atom stereocenters. The topological polar surface area (TPSA) is 109 Å². The van der Waals surface area contributed by atoms with Crippen LogP contribution >= 0.6 is 0 Å². The number of nitrogens with one attached hydrogen (secondary N) is 2. The first-order valence-electron chi connectivity index (χ1n) is 11.4. The molecule has 4 N–H and O–H groups in total. The predicted octanol–water partition coefficient (Wildman–Crippen LogP) is 1.37. The third-order valence-electron chi connectivity index (χ3n) is 6.40. The van der Waals surface area contributed by atoms with Gasteiger partial charge in [0, 0.05) is 51.0 Å². The van der Waals surface area contributed by atoms with E-state index in [1.807, 2.05) is 24.3 Å². The van der Waals surface area contributed by atoms with Gasteiger partial charge in [-0.05, 0) is 50.1 Å². The summed E-state index contributed by atoms with van der Waals surface area (Å²) in [5.74, 6) is 0.263. The maximum Gasteiger partial charge on any atom is 0.354 e. The third-order valence-corrected chi connectivity index (χ3v) is 6.40. The Balaban J connectivity index is 1.38. The van der Waals surface area contributed by atoms with Crippen molar-refractivity contribution in [3.63, 3.8) is 0 Å². The number of nitrogens with two attached hydrogens (primary N) is 1. The van der Waals surface area contributed by atoms with Crippen LogP contribution in [-0.4, -0.2) is 70.7 Å². The molecule has 9 nitrogen and oxygen atoms in total. The summed E-state index contributed by atoms with van der Waals surface area (Å²) in [6.45, 7) is 3.66.